The normalized spacial score (nSPS) is 9.64. The predicted octanol–water partition coefficient (Wildman–Crippen LogP) is 2.48. The molecule has 1 aromatic heterocycles. The second-order valence-corrected chi connectivity index (χ2v) is 3.68. The Hall–Kier alpha value is -1.34. The van der Waals surface area contributed by atoms with E-state index in [1.807, 2.05) is 0 Å². The largest absolute Gasteiger partial charge is 0.475 e. The van der Waals surface area contributed by atoms with Gasteiger partial charge in [0.1, 0.15) is 0 Å². The number of hydrogen-bond donors (Lipinski definition) is 1. The minimum Gasteiger partial charge on any atom is -0.475 e. The molecule has 0 saturated carbocycles. The van der Waals surface area contributed by atoms with E-state index in [0.717, 1.165) is 18.6 Å². The second kappa shape index (κ2) is 5.40. The minimum absolute atomic E-state index is 0.0237. The van der Waals surface area contributed by atoms with Gasteiger partial charge in [0.2, 0.25) is 5.76 Å². The van der Waals surface area contributed by atoms with Crippen molar-refractivity contribution >= 4 is 17.7 Å². The Morgan fingerprint density at radius 3 is 3.00 bits per heavy atom. The highest BCUT2D eigenvalue weighted by molar-refractivity contribution is 7.99. The number of terminal acetylenes is 1. The molecule has 0 radical (unpaired) electrons. The van der Waals surface area contributed by atoms with Gasteiger partial charge in [-0.25, -0.2) is 4.79 Å². The van der Waals surface area contributed by atoms with Gasteiger partial charge >= 0.3 is 5.97 Å². The number of rotatable bonds is 5. The number of carbonyl (C=O) groups is 1. The van der Waals surface area contributed by atoms with Gasteiger partial charge in [-0.05, 0) is 18.6 Å². The fraction of sp³-hybridized carbons (Fsp3) is 0.300. The molecule has 0 fully saturated rings. The quantitative estimate of drug-likeness (QED) is 0.461. The second-order valence-electron chi connectivity index (χ2n) is 2.58. The van der Waals surface area contributed by atoms with Gasteiger partial charge < -0.3 is 9.52 Å². The smallest absolute Gasteiger partial charge is 0.371 e. The van der Waals surface area contributed by atoms with E-state index >= 15 is 0 Å². The summed E-state index contributed by atoms with van der Waals surface area (Å²) in [6, 6.07) is 3.11. The van der Waals surface area contributed by atoms with Crippen LogP contribution in [0.2, 0.25) is 0 Å². The van der Waals surface area contributed by atoms with Crippen LogP contribution in [0, 0.1) is 12.3 Å². The lowest BCUT2D eigenvalue weighted by atomic mass is 10.4. The molecule has 0 aliphatic heterocycles. The highest BCUT2D eigenvalue weighted by Crippen LogP contribution is 2.21. The van der Waals surface area contributed by atoms with Crippen LogP contribution in [0.5, 0.6) is 0 Å². The van der Waals surface area contributed by atoms with Gasteiger partial charge in [-0.2, -0.15) is 0 Å². The monoisotopic (exact) mass is 210 g/mol. The molecule has 14 heavy (non-hydrogen) atoms. The van der Waals surface area contributed by atoms with Crippen LogP contribution in [0.1, 0.15) is 23.4 Å². The van der Waals surface area contributed by atoms with Crippen LogP contribution in [-0.4, -0.2) is 16.8 Å². The van der Waals surface area contributed by atoms with Crippen molar-refractivity contribution in [1.29, 1.82) is 0 Å². The van der Waals surface area contributed by atoms with Gasteiger partial charge in [0.25, 0.3) is 0 Å². The van der Waals surface area contributed by atoms with Gasteiger partial charge in [-0.3, -0.25) is 0 Å². The van der Waals surface area contributed by atoms with E-state index in [1.165, 1.54) is 17.8 Å². The zero-order valence-electron chi connectivity index (χ0n) is 7.53. The van der Waals surface area contributed by atoms with E-state index in [4.69, 9.17) is 15.9 Å². The summed E-state index contributed by atoms with van der Waals surface area (Å²) in [4.78, 5) is 10.5. The molecule has 0 aliphatic carbocycles. The van der Waals surface area contributed by atoms with Crippen LogP contribution < -0.4 is 0 Å². The Balaban J connectivity index is 2.37. The average molecular weight is 210 g/mol. The molecule has 0 aromatic carbocycles. The van der Waals surface area contributed by atoms with E-state index in [9.17, 15) is 4.79 Å². The molecule has 1 aromatic rings. The first-order valence-corrected chi connectivity index (χ1v) is 5.12. The molecular weight excluding hydrogens is 200 g/mol. The first-order valence-electron chi connectivity index (χ1n) is 4.13. The average Bonchev–Trinajstić information content (AvgIpc) is 2.61. The highest BCUT2D eigenvalue weighted by Gasteiger charge is 2.08. The number of carboxylic acids is 1. The lowest BCUT2D eigenvalue weighted by molar-refractivity contribution is 0.0656. The molecular formula is C10H10O3S. The summed E-state index contributed by atoms with van der Waals surface area (Å²) >= 11 is 1.47. The van der Waals surface area contributed by atoms with E-state index in [1.54, 1.807) is 6.07 Å². The van der Waals surface area contributed by atoms with E-state index in [-0.39, 0.29) is 5.76 Å². The van der Waals surface area contributed by atoms with Gasteiger partial charge in [-0.15, -0.1) is 12.3 Å². The summed E-state index contributed by atoms with van der Waals surface area (Å²) in [7, 11) is 0. The molecule has 1 N–H and O–H groups in total. The third kappa shape index (κ3) is 3.19. The summed E-state index contributed by atoms with van der Waals surface area (Å²) in [5, 5.41) is 9.20. The Kier molecular flexibility index (Phi) is 4.14. The summed E-state index contributed by atoms with van der Waals surface area (Å²) in [5.74, 6) is 2.32. The van der Waals surface area contributed by atoms with Crippen LogP contribution in [0.25, 0.3) is 0 Å². The van der Waals surface area contributed by atoms with Crippen LogP contribution >= 0.6 is 11.8 Å². The summed E-state index contributed by atoms with van der Waals surface area (Å²) in [5.41, 5.74) is 0. The number of aromatic carboxylic acids is 1. The fourth-order valence-electron chi connectivity index (χ4n) is 0.860. The molecule has 0 bridgehead atoms. The van der Waals surface area contributed by atoms with Crippen LogP contribution in [0.3, 0.4) is 0 Å². The Bertz CT molecular complexity index is 348. The van der Waals surface area contributed by atoms with E-state index in [0.29, 0.717) is 5.09 Å². The van der Waals surface area contributed by atoms with Gasteiger partial charge in [0, 0.05) is 12.2 Å². The standard InChI is InChI=1S/C10H10O3S/c1-2-3-4-7-14-9-6-5-8(13-9)10(11)12/h1,5-6H,3-4,7H2,(H,11,12). The van der Waals surface area contributed by atoms with Crippen molar-refractivity contribution in [3.63, 3.8) is 0 Å². The lowest BCUT2D eigenvalue weighted by Crippen LogP contribution is -1.91. The SMILES string of the molecule is C#CCCCSc1ccc(C(=O)O)o1. The molecule has 0 amide bonds. The maximum Gasteiger partial charge on any atom is 0.371 e. The highest BCUT2D eigenvalue weighted by atomic mass is 32.2. The molecule has 1 heterocycles. The minimum atomic E-state index is -1.04. The molecule has 0 atom stereocenters. The summed E-state index contributed by atoms with van der Waals surface area (Å²) < 4.78 is 5.04. The molecule has 4 heteroatoms. The van der Waals surface area contributed by atoms with Crippen molar-refractivity contribution in [2.75, 3.05) is 5.75 Å². The van der Waals surface area contributed by atoms with Crippen LogP contribution in [-0.2, 0) is 0 Å². The predicted molar refractivity (Wildman–Crippen MR) is 54.5 cm³/mol. The van der Waals surface area contributed by atoms with Crippen LogP contribution in [0.15, 0.2) is 21.6 Å². The number of unbranched alkanes of at least 4 members (excludes halogenated alkanes) is 1. The molecule has 3 nitrogen and oxygen atoms in total. The van der Waals surface area contributed by atoms with Crippen molar-refractivity contribution in [2.24, 2.45) is 0 Å². The molecule has 0 aliphatic rings. The van der Waals surface area contributed by atoms with Crippen molar-refractivity contribution in [1.82, 2.24) is 0 Å². The molecule has 0 unspecified atom stereocenters. The molecule has 74 valence electrons. The maximum atomic E-state index is 10.5. The third-order valence-corrected chi connectivity index (χ3v) is 2.50. The zero-order valence-corrected chi connectivity index (χ0v) is 8.34. The fourth-order valence-corrected chi connectivity index (χ4v) is 1.66. The third-order valence-electron chi connectivity index (χ3n) is 1.50. The Morgan fingerprint density at radius 1 is 1.64 bits per heavy atom. The van der Waals surface area contributed by atoms with Crippen molar-refractivity contribution < 1.29 is 14.3 Å². The zero-order chi connectivity index (χ0) is 10.4. The molecule has 0 spiro atoms. The number of furan rings is 1. The number of hydrogen-bond acceptors (Lipinski definition) is 3. The maximum absolute atomic E-state index is 10.5. The first-order chi connectivity index (χ1) is 6.74. The van der Waals surface area contributed by atoms with Crippen LogP contribution in [0.4, 0.5) is 0 Å². The van der Waals surface area contributed by atoms with Gasteiger partial charge in [0.15, 0.2) is 5.09 Å². The first kappa shape index (κ1) is 10.7. The summed E-state index contributed by atoms with van der Waals surface area (Å²) in [6.45, 7) is 0. The summed E-state index contributed by atoms with van der Waals surface area (Å²) in [6.07, 6.45) is 6.73. The molecule has 1 rings (SSSR count). The Morgan fingerprint density at radius 2 is 2.43 bits per heavy atom. The van der Waals surface area contributed by atoms with Gasteiger partial charge in [-0.1, -0.05) is 11.8 Å². The van der Waals surface area contributed by atoms with Crippen molar-refractivity contribution in [3.8, 4) is 12.3 Å². The lowest BCUT2D eigenvalue weighted by Gasteiger charge is -1.93. The molecule has 0 saturated heterocycles. The van der Waals surface area contributed by atoms with Crippen molar-refractivity contribution in [3.05, 3.63) is 17.9 Å². The van der Waals surface area contributed by atoms with E-state index in [2.05, 4.69) is 5.92 Å². The Labute approximate surface area is 86.5 Å². The van der Waals surface area contributed by atoms with Crippen molar-refractivity contribution in [2.45, 2.75) is 17.9 Å². The van der Waals surface area contributed by atoms with E-state index < -0.39 is 5.97 Å². The number of carboxylic acid groups (broad SMARTS) is 1. The van der Waals surface area contributed by atoms with Gasteiger partial charge in [0.05, 0.1) is 0 Å². The topological polar surface area (TPSA) is 50.4 Å². The number of thioether (sulfide) groups is 1.